The predicted octanol–water partition coefficient (Wildman–Crippen LogP) is 1.63. The van der Waals surface area contributed by atoms with Gasteiger partial charge in [-0.15, -0.1) is 0 Å². The summed E-state index contributed by atoms with van der Waals surface area (Å²) in [5, 5.41) is 17.0. The molecular weight excluding hydrogens is 258 g/mol. The van der Waals surface area contributed by atoms with E-state index in [9.17, 15) is 26.3 Å². The highest BCUT2D eigenvalue weighted by Gasteiger charge is 2.38. The highest BCUT2D eigenvalue weighted by molar-refractivity contribution is 4.66. The summed E-state index contributed by atoms with van der Waals surface area (Å²) in [6.07, 6.45) is -16.2. The Morgan fingerprint density at radius 3 is 1.29 bits per heavy atom. The predicted molar refractivity (Wildman–Crippen MR) is 44.2 cm³/mol. The fourth-order valence-electron chi connectivity index (χ4n) is 0.819. The molecule has 0 heterocycles. The van der Waals surface area contributed by atoms with Crippen molar-refractivity contribution in [1.29, 1.82) is 0 Å². The smallest absolute Gasteiger partial charge is 0.384 e. The van der Waals surface area contributed by atoms with Gasteiger partial charge in [-0.2, -0.15) is 26.3 Å². The molecule has 104 valence electrons. The van der Waals surface area contributed by atoms with Gasteiger partial charge >= 0.3 is 12.4 Å². The number of ether oxygens (including phenoxy) is 1. The molecule has 9 heteroatoms. The van der Waals surface area contributed by atoms with E-state index in [2.05, 4.69) is 4.74 Å². The van der Waals surface area contributed by atoms with Crippen LogP contribution in [-0.2, 0) is 4.74 Å². The molecule has 3 nitrogen and oxygen atoms in total. The number of rotatable bonds is 6. The van der Waals surface area contributed by atoms with E-state index in [-0.39, 0.29) is 0 Å². The maximum absolute atomic E-state index is 11.7. The number of hydrogen-bond donors (Lipinski definition) is 2. The van der Waals surface area contributed by atoms with E-state index >= 15 is 0 Å². The maximum atomic E-state index is 11.7. The van der Waals surface area contributed by atoms with Crippen LogP contribution in [0.1, 0.15) is 12.8 Å². The quantitative estimate of drug-likeness (QED) is 0.569. The number of aliphatic hydroxyl groups excluding tert-OH is 2. The molecule has 0 rings (SSSR count). The maximum Gasteiger partial charge on any atom is 0.414 e. The van der Waals surface area contributed by atoms with Gasteiger partial charge < -0.3 is 14.9 Å². The van der Waals surface area contributed by atoms with Crippen LogP contribution in [0.5, 0.6) is 0 Å². The van der Waals surface area contributed by atoms with Gasteiger partial charge in [-0.3, -0.25) is 0 Å². The third-order valence-electron chi connectivity index (χ3n) is 1.83. The summed E-state index contributed by atoms with van der Waals surface area (Å²) in [4.78, 5) is 0. The monoisotopic (exact) mass is 270 g/mol. The van der Waals surface area contributed by atoms with Crippen molar-refractivity contribution in [2.24, 2.45) is 0 Å². The fraction of sp³-hybridized carbons (Fsp3) is 1.00. The van der Waals surface area contributed by atoms with Crippen molar-refractivity contribution >= 4 is 0 Å². The van der Waals surface area contributed by atoms with Gasteiger partial charge in [-0.05, 0) is 0 Å². The van der Waals surface area contributed by atoms with Crippen LogP contribution in [0.3, 0.4) is 0 Å². The lowest BCUT2D eigenvalue weighted by Crippen LogP contribution is -2.31. The topological polar surface area (TPSA) is 49.7 Å². The van der Waals surface area contributed by atoms with E-state index in [0.29, 0.717) is 0 Å². The Morgan fingerprint density at radius 2 is 1.06 bits per heavy atom. The van der Waals surface area contributed by atoms with Crippen molar-refractivity contribution in [2.45, 2.75) is 37.4 Å². The summed E-state index contributed by atoms with van der Waals surface area (Å²) in [5.41, 5.74) is 0. The minimum absolute atomic E-state index is 0.536. The van der Waals surface area contributed by atoms with Gasteiger partial charge in [-0.25, -0.2) is 0 Å². The molecule has 0 spiro atoms. The van der Waals surface area contributed by atoms with Crippen LogP contribution in [0.4, 0.5) is 26.3 Å². The summed E-state index contributed by atoms with van der Waals surface area (Å²) in [7, 11) is 0. The first-order valence-corrected chi connectivity index (χ1v) is 4.62. The summed E-state index contributed by atoms with van der Waals surface area (Å²) in [5.74, 6) is 0. The number of hydrogen-bond acceptors (Lipinski definition) is 3. The van der Waals surface area contributed by atoms with E-state index in [4.69, 9.17) is 10.2 Å². The molecule has 0 aromatic rings. The van der Waals surface area contributed by atoms with Crippen molar-refractivity contribution in [3.8, 4) is 0 Å². The first kappa shape index (κ1) is 16.5. The van der Waals surface area contributed by atoms with Crippen LogP contribution in [0.15, 0.2) is 0 Å². The summed E-state index contributed by atoms with van der Waals surface area (Å²) >= 11 is 0. The molecule has 2 unspecified atom stereocenters. The molecule has 2 atom stereocenters. The van der Waals surface area contributed by atoms with Crippen LogP contribution in [0.25, 0.3) is 0 Å². The molecule has 0 aromatic carbocycles. The minimum atomic E-state index is -4.77. The largest absolute Gasteiger partial charge is 0.414 e. The van der Waals surface area contributed by atoms with Crippen LogP contribution in [-0.4, -0.2) is 48.0 Å². The van der Waals surface area contributed by atoms with Gasteiger partial charge in [0.2, 0.25) is 0 Å². The minimum Gasteiger partial charge on any atom is -0.384 e. The third-order valence-corrected chi connectivity index (χ3v) is 1.83. The zero-order chi connectivity index (χ0) is 13.7. The lowest BCUT2D eigenvalue weighted by atomic mass is 10.2. The average molecular weight is 270 g/mol. The van der Waals surface area contributed by atoms with E-state index in [0.717, 1.165) is 0 Å². The number of halogens is 6. The summed E-state index contributed by atoms with van der Waals surface area (Å²) in [6, 6.07) is 0. The first-order chi connectivity index (χ1) is 7.55. The van der Waals surface area contributed by atoms with Gasteiger partial charge in [0.05, 0.1) is 0 Å². The lowest BCUT2D eigenvalue weighted by molar-refractivity contribution is -0.212. The van der Waals surface area contributed by atoms with Crippen LogP contribution < -0.4 is 0 Å². The van der Waals surface area contributed by atoms with Crippen molar-refractivity contribution in [2.75, 3.05) is 13.2 Å². The summed E-state index contributed by atoms with van der Waals surface area (Å²) in [6.45, 7) is -1.07. The Labute approximate surface area is 93.0 Å². The lowest BCUT2D eigenvalue weighted by Gasteiger charge is -2.16. The first-order valence-electron chi connectivity index (χ1n) is 4.62. The standard InChI is InChI=1S/C8H12F6O3/c9-7(10,11)5(15)1-3-17-4-2-6(16)8(12,13)14/h5-6,15-16H,1-4H2. The second-order valence-electron chi connectivity index (χ2n) is 3.30. The van der Waals surface area contributed by atoms with Crippen LogP contribution >= 0.6 is 0 Å². The molecule has 0 fully saturated rings. The molecule has 0 bridgehead atoms. The second-order valence-corrected chi connectivity index (χ2v) is 3.30. The van der Waals surface area contributed by atoms with Gasteiger partial charge in [0.1, 0.15) is 0 Å². The normalized spacial score (nSPS) is 16.9. The van der Waals surface area contributed by atoms with Crippen LogP contribution in [0.2, 0.25) is 0 Å². The van der Waals surface area contributed by atoms with Gasteiger partial charge in [-0.1, -0.05) is 0 Å². The van der Waals surface area contributed by atoms with Gasteiger partial charge in [0, 0.05) is 26.1 Å². The van der Waals surface area contributed by atoms with Crippen LogP contribution in [0, 0.1) is 0 Å². The Bertz CT molecular complexity index is 192. The zero-order valence-electron chi connectivity index (χ0n) is 8.55. The van der Waals surface area contributed by atoms with Crippen molar-refractivity contribution in [3.05, 3.63) is 0 Å². The SMILES string of the molecule is OC(CCOCCC(O)C(F)(F)F)C(F)(F)F. The molecule has 0 aliphatic heterocycles. The number of aliphatic hydroxyl groups is 2. The molecule has 0 aliphatic carbocycles. The molecule has 0 aromatic heterocycles. The van der Waals surface area contributed by atoms with Crippen molar-refractivity contribution in [1.82, 2.24) is 0 Å². The molecule has 17 heavy (non-hydrogen) atoms. The average Bonchev–Trinajstić information content (AvgIpc) is 2.13. The van der Waals surface area contributed by atoms with E-state index in [1.807, 2.05) is 0 Å². The molecule has 0 aliphatic rings. The Hall–Kier alpha value is -0.540. The third kappa shape index (κ3) is 7.40. The van der Waals surface area contributed by atoms with Gasteiger partial charge in [0.15, 0.2) is 12.2 Å². The molecule has 0 saturated carbocycles. The Morgan fingerprint density at radius 1 is 0.765 bits per heavy atom. The van der Waals surface area contributed by atoms with E-state index in [1.54, 1.807) is 0 Å². The van der Waals surface area contributed by atoms with Crippen molar-refractivity contribution < 1.29 is 41.3 Å². The Balaban J connectivity index is 3.61. The summed E-state index contributed by atoms with van der Waals surface area (Å²) < 4.78 is 74.9. The van der Waals surface area contributed by atoms with E-state index in [1.165, 1.54) is 0 Å². The van der Waals surface area contributed by atoms with E-state index < -0.39 is 50.6 Å². The fourth-order valence-corrected chi connectivity index (χ4v) is 0.819. The molecular formula is C8H12F6O3. The van der Waals surface area contributed by atoms with Crippen molar-refractivity contribution in [3.63, 3.8) is 0 Å². The zero-order valence-corrected chi connectivity index (χ0v) is 8.55. The molecule has 2 N–H and O–H groups in total. The Kier molecular flexibility index (Phi) is 6.20. The highest BCUT2D eigenvalue weighted by Crippen LogP contribution is 2.23. The molecule has 0 saturated heterocycles. The van der Waals surface area contributed by atoms with Gasteiger partial charge in [0.25, 0.3) is 0 Å². The second kappa shape index (κ2) is 6.41. The molecule has 0 amide bonds. The highest BCUT2D eigenvalue weighted by atomic mass is 19.4. The number of alkyl halides is 6. The molecule has 0 radical (unpaired) electrons.